The number of quaternary nitrogens is 1. The van der Waals surface area contributed by atoms with Gasteiger partial charge in [0, 0.05) is 25.3 Å². The van der Waals surface area contributed by atoms with Gasteiger partial charge in [0.15, 0.2) is 25.0 Å². The van der Waals surface area contributed by atoms with Crippen molar-refractivity contribution in [3.8, 4) is 0 Å². The smallest absolute Gasteiger partial charge is 0.417 e. The molecule has 0 atom stereocenters. The van der Waals surface area contributed by atoms with E-state index in [0.717, 1.165) is 12.5 Å². The SMILES string of the molecule is C[N+]1(CCC[Si](O[Si](C)(C)C)(O[Si](C)(C)C)O[Si](C)(C)C)CCCC1. The highest BCUT2D eigenvalue weighted by Crippen LogP contribution is 2.30. The van der Waals surface area contributed by atoms with Gasteiger partial charge in [-0.1, -0.05) is 0 Å². The summed E-state index contributed by atoms with van der Waals surface area (Å²) in [6.07, 6.45) is 3.91. The van der Waals surface area contributed by atoms with Gasteiger partial charge in [0.05, 0.1) is 26.7 Å². The normalized spacial score (nSPS) is 19.4. The highest BCUT2D eigenvalue weighted by molar-refractivity contribution is 6.90. The van der Waals surface area contributed by atoms with Crippen LogP contribution in [0.15, 0.2) is 0 Å². The Hall–Kier alpha value is 0.708. The second-order valence-electron chi connectivity index (χ2n) is 10.9. The van der Waals surface area contributed by atoms with Crippen LogP contribution in [-0.4, -0.2) is 64.9 Å². The fourth-order valence-corrected chi connectivity index (χ4v) is 18.3. The Morgan fingerprint density at radius 2 is 1.04 bits per heavy atom. The third kappa shape index (κ3) is 9.99. The van der Waals surface area contributed by atoms with Crippen molar-refractivity contribution in [2.45, 2.75) is 84.2 Å². The number of hydrogen-bond donors (Lipinski definition) is 0. The lowest BCUT2D eigenvalue weighted by Gasteiger charge is -2.43. The summed E-state index contributed by atoms with van der Waals surface area (Å²) < 4.78 is 21.5. The Balaban J connectivity index is 2.95. The molecule has 1 heterocycles. The summed E-state index contributed by atoms with van der Waals surface area (Å²) in [5.41, 5.74) is 0. The first-order valence-corrected chi connectivity index (χ1v) is 22.1. The van der Waals surface area contributed by atoms with E-state index in [-0.39, 0.29) is 0 Å². The Morgan fingerprint density at radius 1 is 0.680 bits per heavy atom. The molecule has 1 fully saturated rings. The van der Waals surface area contributed by atoms with Crippen LogP contribution >= 0.6 is 0 Å². The zero-order chi connectivity index (χ0) is 19.6. The van der Waals surface area contributed by atoms with Crippen molar-refractivity contribution in [3.63, 3.8) is 0 Å². The van der Waals surface area contributed by atoms with Crippen LogP contribution in [0, 0.1) is 0 Å². The lowest BCUT2D eigenvalue weighted by Crippen LogP contribution is -2.60. The fourth-order valence-electron chi connectivity index (χ4n) is 3.61. The van der Waals surface area contributed by atoms with Crippen LogP contribution in [0.3, 0.4) is 0 Å². The van der Waals surface area contributed by atoms with E-state index in [0.29, 0.717) is 0 Å². The van der Waals surface area contributed by atoms with Gasteiger partial charge in [-0.25, -0.2) is 0 Å². The van der Waals surface area contributed by atoms with Gasteiger partial charge in [-0.3, -0.25) is 0 Å². The van der Waals surface area contributed by atoms with Gasteiger partial charge in [-0.05, 0) is 58.9 Å². The van der Waals surface area contributed by atoms with E-state index < -0.39 is 33.8 Å². The molecule has 25 heavy (non-hydrogen) atoms. The number of nitrogens with zero attached hydrogens (tertiary/aromatic N) is 1. The molecule has 1 rings (SSSR count). The molecule has 4 nitrogen and oxygen atoms in total. The molecule has 0 aromatic carbocycles. The topological polar surface area (TPSA) is 27.7 Å². The minimum absolute atomic E-state index is 0.986. The lowest BCUT2D eigenvalue weighted by molar-refractivity contribution is -0.897. The van der Waals surface area contributed by atoms with E-state index in [2.05, 4.69) is 66.0 Å². The number of rotatable bonds is 10. The standard InChI is InChI=1S/C17H44NO3Si4/c1-18(14-11-12-15-18)16-13-17-25(19-22(2,3)4,20-23(5,6)7)21-24(8,9)10/h11-17H2,1-10H3/q+1. The Bertz CT molecular complexity index is 380. The molecule has 150 valence electrons. The van der Waals surface area contributed by atoms with Gasteiger partial charge in [-0.2, -0.15) is 0 Å². The minimum Gasteiger partial charge on any atom is -0.417 e. The van der Waals surface area contributed by atoms with Crippen molar-refractivity contribution in [1.29, 1.82) is 0 Å². The van der Waals surface area contributed by atoms with E-state index in [1.54, 1.807) is 0 Å². The number of likely N-dealkylation sites (tertiary alicyclic amines) is 1. The Labute approximate surface area is 161 Å². The monoisotopic (exact) mass is 422 g/mol. The molecular weight excluding hydrogens is 379 g/mol. The van der Waals surface area contributed by atoms with Crippen molar-refractivity contribution in [2.24, 2.45) is 0 Å². The molecule has 8 heteroatoms. The van der Waals surface area contributed by atoms with Crippen molar-refractivity contribution in [2.75, 3.05) is 26.7 Å². The molecule has 0 spiro atoms. The average Bonchev–Trinajstić information content (AvgIpc) is 2.68. The van der Waals surface area contributed by atoms with Crippen LogP contribution in [0.5, 0.6) is 0 Å². The summed E-state index contributed by atoms with van der Waals surface area (Å²) in [7, 11) is -5.44. The van der Waals surface area contributed by atoms with Crippen molar-refractivity contribution in [3.05, 3.63) is 0 Å². The maximum absolute atomic E-state index is 6.77. The van der Waals surface area contributed by atoms with E-state index in [1.165, 1.54) is 37.0 Å². The predicted octanol–water partition coefficient (Wildman–Crippen LogP) is 5.11. The maximum atomic E-state index is 6.77. The van der Waals surface area contributed by atoms with Crippen LogP contribution in [0.25, 0.3) is 0 Å². The molecule has 1 saturated heterocycles. The molecule has 0 N–H and O–H groups in total. The fraction of sp³-hybridized carbons (Fsp3) is 1.00. The van der Waals surface area contributed by atoms with Crippen molar-refractivity contribution < 1.29 is 16.8 Å². The molecule has 0 bridgehead atoms. The highest BCUT2D eigenvalue weighted by atomic mass is 28.5. The molecule has 0 aliphatic carbocycles. The van der Waals surface area contributed by atoms with Gasteiger partial charge in [0.25, 0.3) is 0 Å². The first-order chi connectivity index (χ1) is 11.0. The van der Waals surface area contributed by atoms with Crippen molar-refractivity contribution >= 4 is 33.8 Å². The quantitative estimate of drug-likeness (QED) is 0.361. The second kappa shape index (κ2) is 8.38. The molecule has 0 aromatic heterocycles. The number of hydrogen-bond acceptors (Lipinski definition) is 3. The van der Waals surface area contributed by atoms with Crippen LogP contribution in [-0.2, 0) is 12.3 Å². The molecule has 0 aromatic rings. The van der Waals surface area contributed by atoms with Crippen molar-refractivity contribution in [1.82, 2.24) is 0 Å². The van der Waals surface area contributed by atoms with Crippen LogP contribution in [0.2, 0.25) is 65.0 Å². The van der Waals surface area contributed by atoms with Gasteiger partial charge in [-0.15, -0.1) is 0 Å². The predicted molar refractivity (Wildman–Crippen MR) is 118 cm³/mol. The average molecular weight is 423 g/mol. The zero-order valence-corrected chi connectivity index (χ0v) is 22.6. The third-order valence-electron chi connectivity index (χ3n) is 4.21. The third-order valence-corrected chi connectivity index (χ3v) is 16.3. The summed E-state index contributed by atoms with van der Waals surface area (Å²) in [4.78, 5) is 0. The Kier molecular flexibility index (Phi) is 7.96. The molecule has 1 aliphatic rings. The summed E-state index contributed by atoms with van der Waals surface area (Å²) in [6, 6.07) is 0.986. The van der Waals surface area contributed by atoms with Gasteiger partial charge in [0.1, 0.15) is 0 Å². The van der Waals surface area contributed by atoms with Gasteiger partial charge < -0.3 is 16.8 Å². The molecule has 0 saturated carbocycles. The van der Waals surface area contributed by atoms with Crippen LogP contribution < -0.4 is 0 Å². The Morgan fingerprint density at radius 3 is 1.36 bits per heavy atom. The minimum atomic E-state index is -2.63. The second-order valence-corrected chi connectivity index (χ2v) is 27.9. The van der Waals surface area contributed by atoms with Gasteiger partial charge in [0.2, 0.25) is 0 Å². The molecule has 1 aliphatic heterocycles. The summed E-state index contributed by atoms with van der Waals surface area (Å²) in [5, 5.41) is 0. The maximum Gasteiger partial charge on any atom is 0.469 e. The molecule has 0 amide bonds. The summed E-state index contributed by atoms with van der Waals surface area (Å²) in [5.74, 6) is 0. The van der Waals surface area contributed by atoms with Crippen LogP contribution in [0.1, 0.15) is 19.3 Å². The zero-order valence-electron chi connectivity index (χ0n) is 18.6. The highest BCUT2D eigenvalue weighted by Gasteiger charge is 2.50. The molecule has 0 unspecified atom stereocenters. The largest absolute Gasteiger partial charge is 0.469 e. The summed E-state index contributed by atoms with van der Waals surface area (Å²) in [6.45, 7) is 24.3. The molecular formula is C17H44NO3Si4+. The summed E-state index contributed by atoms with van der Waals surface area (Å²) >= 11 is 0. The van der Waals surface area contributed by atoms with E-state index in [1.807, 2.05) is 0 Å². The van der Waals surface area contributed by atoms with Crippen LogP contribution in [0.4, 0.5) is 0 Å². The van der Waals surface area contributed by atoms with E-state index >= 15 is 0 Å². The lowest BCUT2D eigenvalue weighted by atomic mass is 10.4. The first kappa shape index (κ1) is 23.7. The van der Waals surface area contributed by atoms with Gasteiger partial charge >= 0.3 is 8.80 Å². The first-order valence-electron chi connectivity index (χ1n) is 9.97. The van der Waals surface area contributed by atoms with E-state index in [9.17, 15) is 0 Å². The van der Waals surface area contributed by atoms with E-state index in [4.69, 9.17) is 12.3 Å². The molecule has 0 radical (unpaired) electrons.